The molecule has 0 radical (unpaired) electrons. The van der Waals surface area contributed by atoms with E-state index in [4.69, 9.17) is 5.73 Å². The normalized spacial score (nSPS) is 10.7. The van der Waals surface area contributed by atoms with Crippen LogP contribution in [-0.2, 0) is 16.1 Å². The molecule has 1 amide bonds. The number of ether oxygens (including phenoxy) is 1. The molecule has 0 aliphatic carbocycles. The zero-order valence-corrected chi connectivity index (χ0v) is 9.73. The Morgan fingerprint density at radius 3 is 2.72 bits per heavy atom. The maximum Gasteiger partial charge on any atom is 0.358 e. The van der Waals surface area contributed by atoms with Crippen molar-refractivity contribution in [2.45, 2.75) is 26.3 Å². The molecule has 0 aliphatic rings. The van der Waals surface area contributed by atoms with E-state index in [1.165, 1.54) is 0 Å². The maximum atomic E-state index is 12.7. The third kappa shape index (κ3) is 3.51. The number of nitrogens with two attached hydrogens (primary N) is 1. The van der Waals surface area contributed by atoms with Gasteiger partial charge in [-0.05, 0) is 6.92 Å². The Kier molecular flexibility index (Phi) is 4.75. The molecule has 1 rings (SSSR count). The number of hydrogen-bond acceptors (Lipinski definition) is 4. The summed E-state index contributed by atoms with van der Waals surface area (Å²) in [4.78, 5) is 21.9. The van der Waals surface area contributed by atoms with E-state index >= 15 is 0 Å². The highest BCUT2D eigenvalue weighted by atomic mass is 19.3. The Bertz CT molecular complexity index is 446. The number of rotatable bonds is 6. The highest BCUT2D eigenvalue weighted by molar-refractivity contribution is 5.87. The first-order chi connectivity index (χ1) is 8.45. The van der Waals surface area contributed by atoms with Gasteiger partial charge in [0, 0.05) is 12.5 Å². The monoisotopic (exact) mass is 261 g/mol. The minimum atomic E-state index is -2.80. The van der Waals surface area contributed by atoms with Crippen LogP contribution in [0.15, 0.2) is 6.07 Å². The Hall–Kier alpha value is -1.99. The first kappa shape index (κ1) is 14.1. The topological polar surface area (TPSA) is 87.2 Å². The number of halogens is 2. The van der Waals surface area contributed by atoms with Gasteiger partial charge in [-0.15, -0.1) is 0 Å². The van der Waals surface area contributed by atoms with Crippen molar-refractivity contribution in [2.24, 2.45) is 5.73 Å². The predicted octanol–water partition coefficient (Wildman–Crippen LogP) is 0.873. The van der Waals surface area contributed by atoms with Crippen molar-refractivity contribution in [3.63, 3.8) is 0 Å². The highest BCUT2D eigenvalue weighted by Gasteiger charge is 2.21. The molecule has 6 nitrogen and oxygen atoms in total. The minimum absolute atomic E-state index is 0.103. The second-order valence-electron chi connectivity index (χ2n) is 3.42. The first-order valence-electron chi connectivity index (χ1n) is 5.27. The van der Waals surface area contributed by atoms with E-state index in [1.807, 2.05) is 0 Å². The number of aromatic nitrogens is 2. The summed E-state index contributed by atoms with van der Waals surface area (Å²) >= 11 is 0. The van der Waals surface area contributed by atoms with Gasteiger partial charge in [-0.1, -0.05) is 0 Å². The highest BCUT2D eigenvalue weighted by Crippen LogP contribution is 2.20. The Balaban J connectivity index is 2.93. The summed E-state index contributed by atoms with van der Waals surface area (Å²) in [5, 5.41) is 3.68. The van der Waals surface area contributed by atoms with Crippen LogP contribution in [0.25, 0.3) is 0 Å². The van der Waals surface area contributed by atoms with Crippen LogP contribution in [0.4, 0.5) is 8.78 Å². The van der Waals surface area contributed by atoms with Crippen molar-refractivity contribution >= 4 is 11.9 Å². The second-order valence-corrected chi connectivity index (χ2v) is 3.42. The van der Waals surface area contributed by atoms with Crippen LogP contribution in [0.2, 0.25) is 0 Å². The molecule has 0 unspecified atom stereocenters. The number of alkyl halides is 2. The number of carbonyl (C=O) groups is 2. The maximum absolute atomic E-state index is 12.7. The van der Waals surface area contributed by atoms with Crippen molar-refractivity contribution in [2.75, 3.05) is 6.61 Å². The van der Waals surface area contributed by atoms with Crippen LogP contribution in [-0.4, -0.2) is 28.3 Å². The van der Waals surface area contributed by atoms with Gasteiger partial charge in [-0.2, -0.15) is 5.10 Å². The number of aryl methyl sites for hydroxylation is 1. The quantitative estimate of drug-likeness (QED) is 0.770. The molecule has 18 heavy (non-hydrogen) atoms. The summed E-state index contributed by atoms with van der Waals surface area (Å²) in [5.74, 6) is -1.42. The Morgan fingerprint density at radius 2 is 2.22 bits per heavy atom. The van der Waals surface area contributed by atoms with Crippen molar-refractivity contribution in [1.29, 1.82) is 0 Å². The van der Waals surface area contributed by atoms with E-state index in [0.717, 1.165) is 10.7 Å². The van der Waals surface area contributed by atoms with Gasteiger partial charge in [-0.25, -0.2) is 13.6 Å². The van der Waals surface area contributed by atoms with Crippen molar-refractivity contribution < 1.29 is 23.1 Å². The van der Waals surface area contributed by atoms with E-state index in [1.54, 1.807) is 6.92 Å². The molecule has 100 valence electrons. The summed E-state index contributed by atoms with van der Waals surface area (Å²) in [7, 11) is 0. The largest absolute Gasteiger partial charge is 0.461 e. The summed E-state index contributed by atoms with van der Waals surface area (Å²) in [5.41, 5.74) is 4.27. The number of amides is 1. The van der Waals surface area contributed by atoms with Crippen LogP contribution in [0.3, 0.4) is 0 Å². The predicted molar refractivity (Wildman–Crippen MR) is 57.0 cm³/mol. The standard InChI is InChI=1S/C10H13F2N3O3/c1-2-18-10(17)6-5-7(9(11)12)15(14-6)4-3-8(13)16/h5,9H,2-4H2,1H3,(H2,13,16). The summed E-state index contributed by atoms with van der Waals surface area (Å²) in [6, 6.07) is 0.948. The lowest BCUT2D eigenvalue weighted by Crippen LogP contribution is -2.16. The third-order valence-electron chi connectivity index (χ3n) is 2.09. The van der Waals surface area contributed by atoms with Gasteiger partial charge in [0.2, 0.25) is 5.91 Å². The first-order valence-corrected chi connectivity index (χ1v) is 5.27. The second kappa shape index (κ2) is 6.08. The number of hydrogen-bond donors (Lipinski definition) is 1. The fourth-order valence-corrected chi connectivity index (χ4v) is 1.31. The summed E-state index contributed by atoms with van der Waals surface area (Å²) in [6.07, 6.45) is -2.93. The molecule has 1 aromatic heterocycles. The summed E-state index contributed by atoms with van der Waals surface area (Å²) < 4.78 is 30.9. The van der Waals surface area contributed by atoms with Gasteiger partial charge in [0.15, 0.2) is 5.69 Å². The van der Waals surface area contributed by atoms with Crippen LogP contribution in [0.5, 0.6) is 0 Å². The average Bonchev–Trinajstić information content (AvgIpc) is 2.70. The number of esters is 1. The third-order valence-corrected chi connectivity index (χ3v) is 2.09. The molecule has 0 spiro atoms. The fraction of sp³-hybridized carbons (Fsp3) is 0.500. The van der Waals surface area contributed by atoms with E-state index < -0.39 is 24.0 Å². The molecule has 0 saturated carbocycles. The van der Waals surface area contributed by atoms with Gasteiger partial charge in [0.1, 0.15) is 5.69 Å². The molecule has 0 aromatic carbocycles. The lowest BCUT2D eigenvalue weighted by atomic mass is 10.3. The number of carbonyl (C=O) groups excluding carboxylic acids is 2. The van der Waals surface area contributed by atoms with Crippen LogP contribution in [0.1, 0.15) is 36.0 Å². The molecule has 8 heteroatoms. The van der Waals surface area contributed by atoms with E-state index in [-0.39, 0.29) is 25.3 Å². The van der Waals surface area contributed by atoms with Crippen LogP contribution < -0.4 is 5.73 Å². The van der Waals surface area contributed by atoms with Gasteiger partial charge < -0.3 is 10.5 Å². The molecule has 1 aromatic rings. The van der Waals surface area contributed by atoms with Gasteiger partial charge >= 0.3 is 5.97 Å². The average molecular weight is 261 g/mol. The molecule has 0 aliphatic heterocycles. The van der Waals surface area contributed by atoms with Gasteiger partial charge in [0.25, 0.3) is 6.43 Å². The zero-order valence-electron chi connectivity index (χ0n) is 9.73. The SMILES string of the molecule is CCOC(=O)c1cc(C(F)F)n(CCC(N)=O)n1. The lowest BCUT2D eigenvalue weighted by Gasteiger charge is -2.04. The molecule has 0 fully saturated rings. The zero-order chi connectivity index (χ0) is 13.7. The fourth-order valence-electron chi connectivity index (χ4n) is 1.31. The molecule has 2 N–H and O–H groups in total. The smallest absolute Gasteiger partial charge is 0.358 e. The molecular weight excluding hydrogens is 248 g/mol. The van der Waals surface area contributed by atoms with Crippen molar-refractivity contribution in [3.8, 4) is 0 Å². The van der Waals surface area contributed by atoms with Crippen molar-refractivity contribution in [3.05, 3.63) is 17.5 Å². The molecular formula is C10H13F2N3O3. The van der Waals surface area contributed by atoms with E-state index in [9.17, 15) is 18.4 Å². The molecule has 0 atom stereocenters. The van der Waals surface area contributed by atoms with Crippen LogP contribution in [0, 0.1) is 0 Å². The Morgan fingerprint density at radius 1 is 1.56 bits per heavy atom. The van der Waals surface area contributed by atoms with E-state index in [0.29, 0.717) is 0 Å². The number of primary amides is 1. The van der Waals surface area contributed by atoms with E-state index in [2.05, 4.69) is 9.84 Å². The molecule has 1 heterocycles. The van der Waals surface area contributed by atoms with Gasteiger partial charge in [0.05, 0.1) is 13.2 Å². The molecule has 0 bridgehead atoms. The lowest BCUT2D eigenvalue weighted by molar-refractivity contribution is -0.118. The minimum Gasteiger partial charge on any atom is -0.461 e. The number of nitrogens with zero attached hydrogens (tertiary/aromatic N) is 2. The van der Waals surface area contributed by atoms with Crippen molar-refractivity contribution in [1.82, 2.24) is 9.78 Å². The van der Waals surface area contributed by atoms with Crippen LogP contribution >= 0.6 is 0 Å². The summed E-state index contributed by atoms with van der Waals surface area (Å²) in [6.45, 7) is 1.61. The van der Waals surface area contributed by atoms with Gasteiger partial charge in [-0.3, -0.25) is 9.48 Å². The molecule has 0 saturated heterocycles. The Labute approximate surface area is 102 Å².